The predicted octanol–water partition coefficient (Wildman–Crippen LogP) is 1.87. The van der Waals surface area contributed by atoms with Gasteiger partial charge in [-0.15, -0.1) is 12.4 Å². The van der Waals surface area contributed by atoms with Gasteiger partial charge in [-0.1, -0.05) is 13.0 Å². The highest BCUT2D eigenvalue weighted by Gasteiger charge is 2.17. The number of benzene rings is 1. The van der Waals surface area contributed by atoms with Crippen LogP contribution in [-0.4, -0.2) is 28.1 Å². The molecule has 1 aliphatic rings. The zero-order chi connectivity index (χ0) is 13.7. The molecular weight excluding hydrogens is 296 g/mol. The zero-order valence-corrected chi connectivity index (χ0v) is 13.4. The van der Waals surface area contributed by atoms with Crippen molar-refractivity contribution in [1.29, 1.82) is 0 Å². The van der Waals surface area contributed by atoms with E-state index in [0.717, 1.165) is 32.2 Å². The first-order valence-electron chi connectivity index (χ1n) is 6.95. The highest BCUT2D eigenvalue weighted by molar-refractivity contribution is 7.89. The molecule has 1 aliphatic carbocycles. The smallest absolute Gasteiger partial charge is 0.240 e. The predicted molar refractivity (Wildman–Crippen MR) is 84.1 cm³/mol. The minimum atomic E-state index is -3.36. The van der Waals surface area contributed by atoms with Gasteiger partial charge < -0.3 is 5.32 Å². The van der Waals surface area contributed by atoms with Gasteiger partial charge in [-0.2, -0.15) is 0 Å². The number of fused-ring (bicyclic) bond motifs is 1. The van der Waals surface area contributed by atoms with Gasteiger partial charge in [0.1, 0.15) is 0 Å². The molecule has 2 N–H and O–H groups in total. The van der Waals surface area contributed by atoms with Gasteiger partial charge in [0.2, 0.25) is 10.0 Å². The fourth-order valence-electron chi connectivity index (χ4n) is 2.37. The van der Waals surface area contributed by atoms with Crippen LogP contribution in [-0.2, 0) is 22.9 Å². The molecule has 0 spiro atoms. The standard InChI is InChI=1S/C14H22N2O2S.ClH/c1-2-8-15-9-10-16-19(17,18)14-7-6-12-4-3-5-13(12)11-14;/h6-7,11,15-16H,2-5,8-10H2,1H3;1H. The maximum Gasteiger partial charge on any atom is 0.240 e. The molecule has 0 bridgehead atoms. The average Bonchev–Trinajstić information content (AvgIpc) is 2.85. The third-order valence-electron chi connectivity index (χ3n) is 3.40. The van der Waals surface area contributed by atoms with Crippen molar-refractivity contribution in [2.75, 3.05) is 19.6 Å². The SMILES string of the molecule is CCCNCCNS(=O)(=O)c1ccc2c(c1)CCC2.Cl. The van der Waals surface area contributed by atoms with Crippen molar-refractivity contribution in [2.24, 2.45) is 0 Å². The Balaban J connectivity index is 0.00000200. The van der Waals surface area contributed by atoms with E-state index in [4.69, 9.17) is 0 Å². The van der Waals surface area contributed by atoms with E-state index < -0.39 is 10.0 Å². The lowest BCUT2D eigenvalue weighted by Crippen LogP contribution is -2.32. The van der Waals surface area contributed by atoms with Crippen molar-refractivity contribution < 1.29 is 8.42 Å². The van der Waals surface area contributed by atoms with Crippen LogP contribution >= 0.6 is 12.4 Å². The molecule has 2 rings (SSSR count). The summed E-state index contributed by atoms with van der Waals surface area (Å²) in [5.74, 6) is 0. The molecule has 0 amide bonds. The number of hydrogen-bond acceptors (Lipinski definition) is 3. The van der Waals surface area contributed by atoms with Crippen molar-refractivity contribution >= 4 is 22.4 Å². The molecule has 0 heterocycles. The van der Waals surface area contributed by atoms with Gasteiger partial charge in [0.25, 0.3) is 0 Å². The number of halogens is 1. The van der Waals surface area contributed by atoms with E-state index in [1.807, 2.05) is 12.1 Å². The number of aryl methyl sites for hydroxylation is 2. The Morgan fingerprint density at radius 3 is 2.60 bits per heavy atom. The summed E-state index contributed by atoms with van der Waals surface area (Å²) < 4.78 is 26.9. The zero-order valence-electron chi connectivity index (χ0n) is 11.8. The Bertz CT molecular complexity index is 532. The fourth-order valence-corrected chi connectivity index (χ4v) is 3.46. The molecule has 1 aromatic carbocycles. The summed E-state index contributed by atoms with van der Waals surface area (Å²) in [5, 5.41) is 3.17. The second-order valence-corrected chi connectivity index (χ2v) is 6.70. The topological polar surface area (TPSA) is 58.2 Å². The molecule has 4 nitrogen and oxygen atoms in total. The summed E-state index contributed by atoms with van der Waals surface area (Å²) in [6.45, 7) is 4.10. The van der Waals surface area contributed by atoms with Crippen molar-refractivity contribution in [3.05, 3.63) is 29.3 Å². The summed E-state index contributed by atoms with van der Waals surface area (Å²) in [5.41, 5.74) is 2.48. The fraction of sp³-hybridized carbons (Fsp3) is 0.571. The van der Waals surface area contributed by atoms with Crippen LogP contribution in [0.5, 0.6) is 0 Å². The third-order valence-corrected chi connectivity index (χ3v) is 4.86. The normalized spacial score (nSPS) is 13.8. The summed E-state index contributed by atoms with van der Waals surface area (Å²) >= 11 is 0. The monoisotopic (exact) mass is 318 g/mol. The maximum absolute atomic E-state index is 12.1. The van der Waals surface area contributed by atoms with E-state index >= 15 is 0 Å². The number of rotatable bonds is 7. The van der Waals surface area contributed by atoms with Gasteiger partial charge in [-0.05, 0) is 55.5 Å². The Morgan fingerprint density at radius 1 is 1.10 bits per heavy atom. The summed E-state index contributed by atoms with van der Waals surface area (Å²) in [6.07, 6.45) is 4.26. The van der Waals surface area contributed by atoms with E-state index in [9.17, 15) is 8.42 Å². The molecule has 0 aromatic heterocycles. The molecule has 0 fully saturated rings. The lowest BCUT2D eigenvalue weighted by molar-refractivity contribution is 0.575. The largest absolute Gasteiger partial charge is 0.315 e. The first-order valence-corrected chi connectivity index (χ1v) is 8.44. The van der Waals surface area contributed by atoms with Crippen LogP contribution < -0.4 is 10.0 Å². The van der Waals surface area contributed by atoms with Crippen molar-refractivity contribution in [3.63, 3.8) is 0 Å². The van der Waals surface area contributed by atoms with Crippen molar-refractivity contribution in [3.8, 4) is 0 Å². The molecule has 0 saturated heterocycles. The van der Waals surface area contributed by atoms with Gasteiger partial charge in [0.15, 0.2) is 0 Å². The van der Waals surface area contributed by atoms with E-state index in [-0.39, 0.29) is 12.4 Å². The molecule has 20 heavy (non-hydrogen) atoms. The third kappa shape index (κ3) is 4.45. The Labute approximate surface area is 127 Å². The molecule has 1 aromatic rings. The van der Waals surface area contributed by atoms with Crippen LogP contribution in [0.1, 0.15) is 30.9 Å². The minimum Gasteiger partial charge on any atom is -0.315 e. The van der Waals surface area contributed by atoms with Crippen LogP contribution in [0.25, 0.3) is 0 Å². The van der Waals surface area contributed by atoms with Gasteiger partial charge in [-0.25, -0.2) is 13.1 Å². The molecular formula is C14H23ClN2O2S. The van der Waals surface area contributed by atoms with Crippen molar-refractivity contribution in [1.82, 2.24) is 10.0 Å². The summed E-state index contributed by atoms with van der Waals surface area (Å²) in [6, 6.07) is 5.49. The molecule has 0 saturated carbocycles. The molecule has 0 atom stereocenters. The lowest BCUT2D eigenvalue weighted by Gasteiger charge is -2.09. The number of hydrogen-bond donors (Lipinski definition) is 2. The highest BCUT2D eigenvalue weighted by atomic mass is 35.5. The molecule has 114 valence electrons. The first kappa shape index (κ1) is 17.4. The second kappa shape index (κ2) is 7.98. The Morgan fingerprint density at radius 2 is 1.85 bits per heavy atom. The Kier molecular flexibility index (Phi) is 6.95. The molecule has 0 unspecified atom stereocenters. The quantitative estimate of drug-likeness (QED) is 0.755. The lowest BCUT2D eigenvalue weighted by atomic mass is 10.1. The van der Waals surface area contributed by atoms with E-state index in [0.29, 0.717) is 18.0 Å². The maximum atomic E-state index is 12.1. The van der Waals surface area contributed by atoms with Gasteiger partial charge in [0, 0.05) is 13.1 Å². The number of sulfonamides is 1. The molecule has 0 aliphatic heterocycles. The Hall–Kier alpha value is -0.620. The first-order chi connectivity index (χ1) is 9.13. The minimum absolute atomic E-state index is 0. The van der Waals surface area contributed by atoms with Gasteiger partial charge in [0.05, 0.1) is 4.90 Å². The van der Waals surface area contributed by atoms with Crippen LogP contribution in [0.4, 0.5) is 0 Å². The van der Waals surface area contributed by atoms with E-state index in [2.05, 4.69) is 17.0 Å². The van der Waals surface area contributed by atoms with Gasteiger partial charge in [-0.3, -0.25) is 0 Å². The summed E-state index contributed by atoms with van der Waals surface area (Å²) in [7, 11) is -3.36. The van der Waals surface area contributed by atoms with E-state index in [1.165, 1.54) is 11.1 Å². The van der Waals surface area contributed by atoms with Crippen LogP contribution in [0.3, 0.4) is 0 Å². The average molecular weight is 319 g/mol. The van der Waals surface area contributed by atoms with Crippen LogP contribution in [0.2, 0.25) is 0 Å². The molecule has 0 radical (unpaired) electrons. The number of nitrogens with one attached hydrogen (secondary N) is 2. The second-order valence-electron chi connectivity index (χ2n) is 4.93. The van der Waals surface area contributed by atoms with E-state index in [1.54, 1.807) is 6.07 Å². The highest BCUT2D eigenvalue weighted by Crippen LogP contribution is 2.24. The van der Waals surface area contributed by atoms with Crippen LogP contribution in [0, 0.1) is 0 Å². The van der Waals surface area contributed by atoms with Gasteiger partial charge >= 0.3 is 0 Å². The summed E-state index contributed by atoms with van der Waals surface area (Å²) in [4.78, 5) is 0.392. The van der Waals surface area contributed by atoms with Crippen molar-refractivity contribution in [2.45, 2.75) is 37.5 Å². The van der Waals surface area contributed by atoms with Crippen LogP contribution in [0.15, 0.2) is 23.1 Å². The molecule has 6 heteroatoms.